The van der Waals surface area contributed by atoms with E-state index in [2.05, 4.69) is 0 Å². The number of halogens is 2. The summed E-state index contributed by atoms with van der Waals surface area (Å²) in [6.45, 7) is 0. The van der Waals surface area contributed by atoms with E-state index in [1.54, 1.807) is 0 Å². The topological polar surface area (TPSA) is 46.5 Å². The van der Waals surface area contributed by atoms with Gasteiger partial charge in [-0.05, 0) is 25.0 Å². The Hall–Kier alpha value is -1.65. The standard InChI is InChI=1S/C13H14F2O3/c1-18-9-5-4-8(14)11(15)10(9)13(12(16)17)6-2-3-7-13/h4-5H,2-3,6-7H2,1H3,(H,16,17). The van der Waals surface area contributed by atoms with Crippen LogP contribution < -0.4 is 4.74 Å². The lowest BCUT2D eigenvalue weighted by molar-refractivity contribution is -0.143. The number of rotatable bonds is 3. The number of methoxy groups -OCH3 is 1. The molecular formula is C13H14F2O3. The van der Waals surface area contributed by atoms with E-state index in [9.17, 15) is 18.7 Å². The lowest BCUT2D eigenvalue weighted by Crippen LogP contribution is -2.34. The maximum Gasteiger partial charge on any atom is 0.314 e. The highest BCUT2D eigenvalue weighted by molar-refractivity contribution is 5.83. The van der Waals surface area contributed by atoms with Crippen LogP contribution in [0.3, 0.4) is 0 Å². The Bertz CT molecular complexity index is 479. The van der Waals surface area contributed by atoms with Gasteiger partial charge in [0.1, 0.15) is 5.75 Å². The van der Waals surface area contributed by atoms with E-state index in [4.69, 9.17) is 4.74 Å². The van der Waals surface area contributed by atoms with Crippen molar-refractivity contribution in [1.82, 2.24) is 0 Å². The van der Waals surface area contributed by atoms with Crippen LogP contribution in [-0.4, -0.2) is 18.2 Å². The zero-order valence-corrected chi connectivity index (χ0v) is 10.0. The number of benzene rings is 1. The molecule has 1 saturated carbocycles. The van der Waals surface area contributed by atoms with Crippen molar-refractivity contribution in [3.63, 3.8) is 0 Å². The Morgan fingerprint density at radius 1 is 1.33 bits per heavy atom. The third-order valence-corrected chi connectivity index (χ3v) is 3.62. The molecule has 5 heteroatoms. The molecule has 1 aromatic rings. The minimum atomic E-state index is -1.36. The number of aliphatic carboxylic acids is 1. The first-order valence-corrected chi connectivity index (χ1v) is 5.79. The van der Waals surface area contributed by atoms with Crippen molar-refractivity contribution in [2.24, 2.45) is 0 Å². The molecular weight excluding hydrogens is 242 g/mol. The normalized spacial score (nSPS) is 17.7. The zero-order chi connectivity index (χ0) is 13.3. The highest BCUT2D eigenvalue weighted by Gasteiger charge is 2.47. The molecule has 18 heavy (non-hydrogen) atoms. The van der Waals surface area contributed by atoms with E-state index in [1.165, 1.54) is 13.2 Å². The predicted octanol–water partition coefficient (Wildman–Crippen LogP) is 2.87. The largest absolute Gasteiger partial charge is 0.496 e. The summed E-state index contributed by atoms with van der Waals surface area (Å²) in [5.41, 5.74) is -1.52. The molecule has 2 rings (SSSR count). The quantitative estimate of drug-likeness (QED) is 0.904. The van der Waals surface area contributed by atoms with E-state index in [0.717, 1.165) is 6.07 Å². The van der Waals surface area contributed by atoms with Gasteiger partial charge in [0.15, 0.2) is 11.6 Å². The third-order valence-electron chi connectivity index (χ3n) is 3.62. The van der Waals surface area contributed by atoms with Gasteiger partial charge in [-0.2, -0.15) is 0 Å². The van der Waals surface area contributed by atoms with E-state index < -0.39 is 23.0 Å². The number of hydrogen-bond donors (Lipinski definition) is 1. The molecule has 0 aromatic heterocycles. The highest BCUT2D eigenvalue weighted by atomic mass is 19.2. The SMILES string of the molecule is COc1ccc(F)c(F)c1C1(C(=O)O)CCCC1. The van der Waals surface area contributed by atoms with Crippen molar-refractivity contribution in [2.75, 3.05) is 7.11 Å². The van der Waals surface area contributed by atoms with Crippen LogP contribution in [-0.2, 0) is 10.2 Å². The van der Waals surface area contributed by atoms with E-state index in [0.29, 0.717) is 25.7 Å². The van der Waals surface area contributed by atoms with Gasteiger partial charge < -0.3 is 9.84 Å². The molecule has 1 N–H and O–H groups in total. The molecule has 0 heterocycles. The number of carboxylic acids is 1. The van der Waals surface area contributed by atoms with Crippen molar-refractivity contribution in [1.29, 1.82) is 0 Å². The van der Waals surface area contributed by atoms with Gasteiger partial charge in [0.25, 0.3) is 0 Å². The molecule has 0 bridgehead atoms. The fourth-order valence-electron chi connectivity index (χ4n) is 2.70. The summed E-state index contributed by atoms with van der Waals surface area (Å²) in [6, 6.07) is 2.22. The van der Waals surface area contributed by atoms with Gasteiger partial charge in [-0.3, -0.25) is 4.79 Å². The molecule has 0 radical (unpaired) electrons. The van der Waals surface area contributed by atoms with Crippen molar-refractivity contribution >= 4 is 5.97 Å². The molecule has 98 valence electrons. The van der Waals surface area contributed by atoms with Gasteiger partial charge in [0, 0.05) is 0 Å². The van der Waals surface area contributed by atoms with Crippen molar-refractivity contribution in [2.45, 2.75) is 31.1 Å². The third kappa shape index (κ3) is 1.74. The average molecular weight is 256 g/mol. The molecule has 0 unspecified atom stereocenters. The maximum atomic E-state index is 14.0. The Balaban J connectivity index is 2.67. The lowest BCUT2D eigenvalue weighted by atomic mass is 9.78. The molecule has 1 aliphatic rings. The monoisotopic (exact) mass is 256 g/mol. The highest BCUT2D eigenvalue weighted by Crippen LogP contribution is 2.46. The summed E-state index contributed by atoms with van der Waals surface area (Å²) >= 11 is 0. The molecule has 1 aromatic carbocycles. The first-order valence-electron chi connectivity index (χ1n) is 5.79. The van der Waals surface area contributed by atoms with Crippen LogP contribution in [0.1, 0.15) is 31.2 Å². The second kappa shape index (κ2) is 4.55. The van der Waals surface area contributed by atoms with Crippen LogP contribution >= 0.6 is 0 Å². The molecule has 0 amide bonds. The summed E-state index contributed by atoms with van der Waals surface area (Å²) in [4.78, 5) is 11.5. The predicted molar refractivity (Wildman–Crippen MR) is 60.7 cm³/mol. The molecule has 0 spiro atoms. The first kappa shape index (κ1) is 12.8. The number of carbonyl (C=O) groups is 1. The Morgan fingerprint density at radius 3 is 2.44 bits per heavy atom. The minimum absolute atomic E-state index is 0.0956. The van der Waals surface area contributed by atoms with Gasteiger partial charge in [-0.25, -0.2) is 8.78 Å². The molecule has 0 aliphatic heterocycles. The average Bonchev–Trinajstić information content (AvgIpc) is 2.82. The summed E-state index contributed by atoms with van der Waals surface area (Å²) in [5.74, 6) is -3.18. The molecule has 1 fully saturated rings. The summed E-state index contributed by atoms with van der Waals surface area (Å²) in [6.07, 6.45) is 1.98. The van der Waals surface area contributed by atoms with Crippen molar-refractivity contribution in [3.05, 3.63) is 29.3 Å². The molecule has 3 nitrogen and oxygen atoms in total. The first-order chi connectivity index (χ1) is 8.53. The van der Waals surface area contributed by atoms with Gasteiger partial charge in [-0.1, -0.05) is 12.8 Å². The Labute approximate surface area is 103 Å². The van der Waals surface area contributed by atoms with E-state index in [-0.39, 0.29) is 11.3 Å². The van der Waals surface area contributed by atoms with Crippen LogP contribution in [0.2, 0.25) is 0 Å². The second-order valence-corrected chi connectivity index (χ2v) is 4.53. The Morgan fingerprint density at radius 2 is 1.94 bits per heavy atom. The van der Waals surface area contributed by atoms with Crippen LogP contribution in [0.4, 0.5) is 8.78 Å². The van der Waals surface area contributed by atoms with E-state index >= 15 is 0 Å². The lowest BCUT2D eigenvalue weighted by Gasteiger charge is -2.26. The van der Waals surface area contributed by atoms with Gasteiger partial charge in [-0.15, -0.1) is 0 Å². The molecule has 0 saturated heterocycles. The van der Waals surface area contributed by atoms with Gasteiger partial charge in [0.2, 0.25) is 0 Å². The summed E-state index contributed by atoms with van der Waals surface area (Å²) in [5, 5.41) is 9.41. The number of ether oxygens (including phenoxy) is 1. The smallest absolute Gasteiger partial charge is 0.314 e. The van der Waals surface area contributed by atoms with Crippen LogP contribution in [0, 0.1) is 11.6 Å². The fourth-order valence-corrected chi connectivity index (χ4v) is 2.70. The summed E-state index contributed by atoms with van der Waals surface area (Å²) < 4.78 is 32.3. The van der Waals surface area contributed by atoms with E-state index in [1.807, 2.05) is 0 Å². The molecule has 1 aliphatic carbocycles. The number of hydrogen-bond acceptors (Lipinski definition) is 2. The minimum Gasteiger partial charge on any atom is -0.496 e. The zero-order valence-electron chi connectivity index (χ0n) is 10.0. The van der Waals surface area contributed by atoms with Crippen molar-refractivity contribution in [3.8, 4) is 5.75 Å². The summed E-state index contributed by atoms with van der Waals surface area (Å²) in [7, 11) is 1.32. The second-order valence-electron chi connectivity index (χ2n) is 4.53. The van der Waals surface area contributed by atoms with Gasteiger partial charge in [0.05, 0.1) is 18.1 Å². The fraction of sp³-hybridized carbons (Fsp3) is 0.462. The van der Waals surface area contributed by atoms with Crippen LogP contribution in [0.15, 0.2) is 12.1 Å². The molecule has 0 atom stereocenters. The van der Waals surface area contributed by atoms with Crippen LogP contribution in [0.25, 0.3) is 0 Å². The Kier molecular flexibility index (Phi) is 3.24. The van der Waals surface area contributed by atoms with Crippen LogP contribution in [0.5, 0.6) is 5.75 Å². The van der Waals surface area contributed by atoms with Gasteiger partial charge >= 0.3 is 5.97 Å². The van der Waals surface area contributed by atoms with Crippen molar-refractivity contribution < 1.29 is 23.4 Å². The number of carboxylic acid groups (broad SMARTS) is 1. The maximum absolute atomic E-state index is 14.0.